The van der Waals surface area contributed by atoms with Crippen LogP contribution in [0.3, 0.4) is 0 Å². The minimum absolute atomic E-state index is 0.265. The van der Waals surface area contributed by atoms with Gasteiger partial charge in [-0.3, -0.25) is 0 Å². The lowest BCUT2D eigenvalue weighted by Gasteiger charge is -2.25. The van der Waals surface area contributed by atoms with Crippen LogP contribution < -0.4 is 5.32 Å². The summed E-state index contributed by atoms with van der Waals surface area (Å²) in [5, 5.41) is 6.15. The van der Waals surface area contributed by atoms with E-state index in [1.807, 2.05) is 0 Å². The molecule has 1 amide bonds. The molecule has 0 aromatic carbocycles. The number of hydrogen-bond acceptors (Lipinski definition) is 5. The second-order valence-electron chi connectivity index (χ2n) is 5.28. The van der Waals surface area contributed by atoms with Gasteiger partial charge in [-0.2, -0.15) is 0 Å². The molecule has 0 saturated carbocycles. The standard InChI is InChI=1S/C12H18N2O4/c1-8-6-9(18-14-8)12(5,7-15)13-10(16)17-11(2,3)4/h6-7H,1-5H3,(H,13,16). The summed E-state index contributed by atoms with van der Waals surface area (Å²) >= 11 is 0. The maximum atomic E-state index is 11.7. The number of aldehydes is 1. The number of aryl methyl sites for hydroxylation is 1. The fourth-order valence-corrected chi connectivity index (χ4v) is 1.27. The van der Waals surface area contributed by atoms with Crippen molar-refractivity contribution < 1.29 is 18.8 Å². The Labute approximate surface area is 106 Å². The molecule has 0 bridgehead atoms. The van der Waals surface area contributed by atoms with Crippen molar-refractivity contribution in [2.24, 2.45) is 0 Å². The lowest BCUT2D eigenvalue weighted by Crippen LogP contribution is -2.46. The first-order chi connectivity index (χ1) is 8.16. The van der Waals surface area contributed by atoms with E-state index in [9.17, 15) is 9.59 Å². The third-order valence-electron chi connectivity index (χ3n) is 2.14. The quantitative estimate of drug-likeness (QED) is 0.833. The molecule has 1 rings (SSSR count). The smallest absolute Gasteiger partial charge is 0.408 e. The molecule has 1 atom stereocenters. The van der Waals surface area contributed by atoms with Gasteiger partial charge in [0.15, 0.2) is 17.6 Å². The summed E-state index contributed by atoms with van der Waals surface area (Å²) in [5.41, 5.74) is -1.29. The molecule has 0 aliphatic carbocycles. The molecule has 1 heterocycles. The lowest BCUT2D eigenvalue weighted by molar-refractivity contribution is -0.113. The number of carbonyl (C=O) groups is 2. The van der Waals surface area contributed by atoms with Crippen molar-refractivity contribution in [2.75, 3.05) is 0 Å². The maximum absolute atomic E-state index is 11.7. The highest BCUT2D eigenvalue weighted by Gasteiger charge is 2.34. The highest BCUT2D eigenvalue weighted by molar-refractivity contribution is 5.77. The number of carbonyl (C=O) groups excluding carboxylic acids is 2. The number of nitrogens with zero attached hydrogens (tertiary/aromatic N) is 1. The molecule has 1 aromatic heterocycles. The van der Waals surface area contributed by atoms with Gasteiger partial charge >= 0.3 is 6.09 Å². The van der Waals surface area contributed by atoms with Crippen LogP contribution in [0, 0.1) is 6.92 Å². The Balaban J connectivity index is 2.84. The third-order valence-corrected chi connectivity index (χ3v) is 2.14. The van der Waals surface area contributed by atoms with E-state index in [0.717, 1.165) is 0 Å². The second-order valence-corrected chi connectivity index (χ2v) is 5.28. The van der Waals surface area contributed by atoms with Gasteiger partial charge in [0.05, 0.1) is 5.69 Å². The van der Waals surface area contributed by atoms with Gasteiger partial charge in [-0.1, -0.05) is 5.16 Å². The van der Waals surface area contributed by atoms with Gasteiger partial charge in [0.1, 0.15) is 5.60 Å². The van der Waals surface area contributed by atoms with Crippen LogP contribution in [0.2, 0.25) is 0 Å². The van der Waals surface area contributed by atoms with Crippen LogP contribution in [-0.2, 0) is 15.1 Å². The Morgan fingerprint density at radius 3 is 2.44 bits per heavy atom. The lowest BCUT2D eigenvalue weighted by atomic mass is 10.0. The molecule has 0 saturated heterocycles. The van der Waals surface area contributed by atoms with E-state index >= 15 is 0 Å². The van der Waals surface area contributed by atoms with Gasteiger partial charge in [0.2, 0.25) is 0 Å². The van der Waals surface area contributed by atoms with E-state index in [1.54, 1.807) is 33.8 Å². The Kier molecular flexibility index (Phi) is 3.79. The van der Waals surface area contributed by atoms with Crippen LogP contribution in [0.5, 0.6) is 0 Å². The van der Waals surface area contributed by atoms with Gasteiger partial charge in [-0.25, -0.2) is 4.79 Å². The summed E-state index contributed by atoms with van der Waals surface area (Å²) in [6, 6.07) is 1.59. The largest absolute Gasteiger partial charge is 0.444 e. The molecule has 18 heavy (non-hydrogen) atoms. The Morgan fingerprint density at radius 2 is 2.06 bits per heavy atom. The summed E-state index contributed by atoms with van der Waals surface area (Å²) in [6.45, 7) is 8.46. The van der Waals surface area contributed by atoms with E-state index in [1.165, 1.54) is 6.92 Å². The number of amides is 1. The van der Waals surface area contributed by atoms with Crippen LogP contribution >= 0.6 is 0 Å². The van der Waals surface area contributed by atoms with Gasteiger partial charge in [-0.15, -0.1) is 0 Å². The normalized spacial score (nSPS) is 14.7. The highest BCUT2D eigenvalue weighted by Crippen LogP contribution is 2.20. The van der Waals surface area contributed by atoms with Gasteiger partial charge in [-0.05, 0) is 34.6 Å². The van der Waals surface area contributed by atoms with Crippen molar-refractivity contribution in [3.8, 4) is 0 Å². The van der Waals surface area contributed by atoms with Crippen molar-refractivity contribution in [2.45, 2.75) is 45.8 Å². The van der Waals surface area contributed by atoms with Crippen molar-refractivity contribution in [1.29, 1.82) is 0 Å². The van der Waals surface area contributed by atoms with Crippen LogP contribution in [0.25, 0.3) is 0 Å². The summed E-state index contributed by atoms with van der Waals surface area (Å²) in [5.74, 6) is 0.265. The highest BCUT2D eigenvalue weighted by atomic mass is 16.6. The van der Waals surface area contributed by atoms with E-state index < -0.39 is 17.2 Å². The molecule has 0 aliphatic heterocycles. The van der Waals surface area contributed by atoms with Crippen LogP contribution in [0.1, 0.15) is 39.1 Å². The molecule has 1 aromatic rings. The Hall–Kier alpha value is -1.85. The predicted molar refractivity (Wildman–Crippen MR) is 64.0 cm³/mol. The summed E-state index contributed by atoms with van der Waals surface area (Å²) < 4.78 is 10.1. The maximum Gasteiger partial charge on any atom is 0.408 e. The predicted octanol–water partition coefficient (Wildman–Crippen LogP) is 1.92. The Bertz CT molecular complexity index is 447. The number of alkyl carbamates (subject to hydrolysis) is 1. The average molecular weight is 254 g/mol. The number of nitrogens with one attached hydrogen (secondary N) is 1. The molecule has 1 N–H and O–H groups in total. The van der Waals surface area contributed by atoms with Crippen molar-refractivity contribution in [1.82, 2.24) is 10.5 Å². The molecule has 6 heteroatoms. The molecule has 0 radical (unpaired) electrons. The zero-order chi connectivity index (χ0) is 14.0. The van der Waals surface area contributed by atoms with E-state index in [-0.39, 0.29) is 5.76 Å². The number of hydrogen-bond donors (Lipinski definition) is 1. The van der Waals surface area contributed by atoms with Gasteiger partial charge in [0, 0.05) is 6.07 Å². The molecule has 0 spiro atoms. The zero-order valence-corrected chi connectivity index (χ0v) is 11.2. The average Bonchev–Trinajstić information content (AvgIpc) is 2.62. The second kappa shape index (κ2) is 4.80. The van der Waals surface area contributed by atoms with E-state index in [4.69, 9.17) is 9.26 Å². The van der Waals surface area contributed by atoms with Crippen LogP contribution in [0.4, 0.5) is 4.79 Å². The Morgan fingerprint density at radius 1 is 1.44 bits per heavy atom. The molecular formula is C12H18N2O4. The molecule has 100 valence electrons. The first kappa shape index (κ1) is 14.2. The summed E-state index contributed by atoms with van der Waals surface area (Å²) in [6.07, 6.45) is -0.109. The summed E-state index contributed by atoms with van der Waals surface area (Å²) in [7, 11) is 0. The van der Waals surface area contributed by atoms with Crippen molar-refractivity contribution >= 4 is 12.4 Å². The number of rotatable bonds is 3. The van der Waals surface area contributed by atoms with Crippen LogP contribution in [-0.4, -0.2) is 23.1 Å². The van der Waals surface area contributed by atoms with Crippen molar-refractivity contribution in [3.63, 3.8) is 0 Å². The molecule has 0 fully saturated rings. The third kappa shape index (κ3) is 3.58. The fourth-order valence-electron chi connectivity index (χ4n) is 1.27. The van der Waals surface area contributed by atoms with E-state index in [2.05, 4.69) is 10.5 Å². The van der Waals surface area contributed by atoms with Gasteiger partial charge < -0.3 is 19.4 Å². The van der Waals surface area contributed by atoms with Gasteiger partial charge in [0.25, 0.3) is 0 Å². The minimum atomic E-state index is -1.29. The number of aromatic nitrogens is 1. The minimum Gasteiger partial charge on any atom is -0.444 e. The molecular weight excluding hydrogens is 236 g/mol. The summed E-state index contributed by atoms with van der Waals surface area (Å²) in [4.78, 5) is 22.8. The first-order valence-electron chi connectivity index (χ1n) is 5.57. The van der Waals surface area contributed by atoms with Crippen LogP contribution in [0.15, 0.2) is 10.6 Å². The zero-order valence-electron chi connectivity index (χ0n) is 11.2. The monoisotopic (exact) mass is 254 g/mol. The van der Waals surface area contributed by atoms with Crippen molar-refractivity contribution in [3.05, 3.63) is 17.5 Å². The molecule has 6 nitrogen and oxygen atoms in total. The SMILES string of the molecule is Cc1cc(C(C)(C=O)NC(=O)OC(C)(C)C)on1. The topological polar surface area (TPSA) is 81.4 Å². The fraction of sp³-hybridized carbons (Fsp3) is 0.583. The molecule has 0 aliphatic rings. The molecule has 1 unspecified atom stereocenters. The first-order valence-corrected chi connectivity index (χ1v) is 5.57. The van der Waals surface area contributed by atoms with E-state index in [0.29, 0.717) is 12.0 Å². The number of ether oxygens (including phenoxy) is 1.